The standard InChI is InChI=1S/C36H20Cl5F5N4O5/c1-2-14-11-20(47-33(51)15-9-16(36(44,45)46)12-18(43)10-15)31(55-21-13-17(42)6-7-19(21)37)25-30(14)50(22-5-3-4-8-54-22)48-32(25)49-34(52)23-24(35(49)53)27(39)29(41)28(40)26(23)38/h2,6-7,9-13,22H,1,3-5,8H2,(H,47,51). The van der Waals surface area contributed by atoms with Crippen LogP contribution < -0.4 is 15.0 Å². The van der Waals surface area contributed by atoms with Crippen LogP contribution in [-0.4, -0.2) is 34.1 Å². The molecule has 0 radical (unpaired) electrons. The number of halogens is 10. The first-order valence-electron chi connectivity index (χ1n) is 15.9. The van der Waals surface area contributed by atoms with Crippen LogP contribution in [0.3, 0.4) is 0 Å². The van der Waals surface area contributed by atoms with Crippen LogP contribution in [0, 0.1) is 11.6 Å². The van der Waals surface area contributed by atoms with Gasteiger partial charge in [-0.2, -0.15) is 18.3 Å². The Balaban J connectivity index is 1.53. The number of ether oxygens (including phenoxy) is 2. The lowest BCUT2D eigenvalue weighted by atomic mass is 10.1. The van der Waals surface area contributed by atoms with Gasteiger partial charge in [-0.25, -0.2) is 18.4 Å². The van der Waals surface area contributed by atoms with Gasteiger partial charge in [0.1, 0.15) is 17.4 Å². The first-order valence-corrected chi connectivity index (χ1v) is 17.8. The van der Waals surface area contributed by atoms with Gasteiger partial charge in [-0.1, -0.05) is 70.7 Å². The Hall–Kier alpha value is -4.44. The Bertz CT molecular complexity index is 2460. The summed E-state index contributed by atoms with van der Waals surface area (Å²) in [7, 11) is 0. The second-order valence-corrected chi connectivity index (χ2v) is 14.1. The van der Waals surface area contributed by atoms with E-state index in [-0.39, 0.29) is 59.1 Å². The van der Waals surface area contributed by atoms with Crippen LogP contribution in [0.4, 0.5) is 33.5 Å². The van der Waals surface area contributed by atoms with Crippen molar-refractivity contribution in [1.82, 2.24) is 9.78 Å². The zero-order valence-corrected chi connectivity index (χ0v) is 31.2. The minimum Gasteiger partial charge on any atom is -0.453 e. The first kappa shape index (κ1) is 38.8. The Kier molecular flexibility index (Phi) is 10.3. The van der Waals surface area contributed by atoms with E-state index in [9.17, 15) is 36.3 Å². The molecule has 0 bridgehead atoms. The van der Waals surface area contributed by atoms with Crippen LogP contribution in [0.2, 0.25) is 25.1 Å². The number of nitrogens with zero attached hydrogens (tertiary/aromatic N) is 3. The SMILES string of the molecule is C=Cc1cc(NC(=O)c2cc(F)cc(C(F)(F)F)c2)c(Oc2cc(F)ccc2Cl)c2c(N3C(=O)c4c(Cl)c(Cl)c(Cl)c(Cl)c4C3=O)nn(C3CCCCO3)c12. The smallest absolute Gasteiger partial charge is 0.416 e. The van der Waals surface area contributed by atoms with Crippen molar-refractivity contribution in [3.8, 4) is 11.5 Å². The molecular formula is C36H20Cl5F5N4O5. The highest BCUT2D eigenvalue weighted by atomic mass is 35.5. The van der Waals surface area contributed by atoms with Crippen molar-refractivity contribution in [1.29, 1.82) is 0 Å². The summed E-state index contributed by atoms with van der Waals surface area (Å²) in [5.74, 6) is -6.73. The lowest BCUT2D eigenvalue weighted by Gasteiger charge is -2.24. The first-order chi connectivity index (χ1) is 26.0. The van der Waals surface area contributed by atoms with Gasteiger partial charge in [0.15, 0.2) is 17.8 Å². The number of aromatic nitrogens is 2. The number of hydrogen-bond acceptors (Lipinski definition) is 6. The molecule has 284 valence electrons. The zero-order chi connectivity index (χ0) is 39.7. The molecule has 1 atom stereocenters. The number of nitrogens with one attached hydrogen (secondary N) is 1. The molecule has 1 aromatic heterocycles. The van der Waals surface area contributed by atoms with Gasteiger partial charge >= 0.3 is 6.18 Å². The van der Waals surface area contributed by atoms with Gasteiger partial charge in [-0.05, 0) is 55.7 Å². The molecule has 2 aliphatic heterocycles. The second kappa shape index (κ2) is 14.6. The molecule has 7 rings (SSSR count). The van der Waals surface area contributed by atoms with Crippen molar-refractivity contribution >= 4 is 104 Å². The van der Waals surface area contributed by atoms with Gasteiger partial charge in [-0.3, -0.25) is 14.4 Å². The molecular weight excluding hydrogens is 841 g/mol. The maximum absolute atomic E-state index is 14.6. The summed E-state index contributed by atoms with van der Waals surface area (Å²) in [6.45, 7) is 4.16. The third-order valence-corrected chi connectivity index (χ3v) is 10.9. The summed E-state index contributed by atoms with van der Waals surface area (Å²) in [4.78, 5) is 42.8. The number of fused-ring (bicyclic) bond motifs is 2. The van der Waals surface area contributed by atoms with E-state index < -0.39 is 75.6 Å². The minimum atomic E-state index is -5.01. The van der Waals surface area contributed by atoms with Crippen molar-refractivity contribution < 1.29 is 45.8 Å². The Morgan fingerprint density at radius 3 is 2.20 bits per heavy atom. The maximum Gasteiger partial charge on any atom is 0.416 e. The van der Waals surface area contributed by atoms with E-state index in [2.05, 4.69) is 17.0 Å². The van der Waals surface area contributed by atoms with E-state index in [0.29, 0.717) is 42.9 Å². The summed E-state index contributed by atoms with van der Waals surface area (Å²) >= 11 is 31.8. The lowest BCUT2D eigenvalue weighted by Crippen LogP contribution is -2.30. The summed E-state index contributed by atoms with van der Waals surface area (Å²) in [5.41, 5.74) is -3.04. The number of alkyl halides is 3. The summed E-state index contributed by atoms with van der Waals surface area (Å²) < 4.78 is 83.5. The molecule has 3 amide bonds. The number of anilines is 2. The van der Waals surface area contributed by atoms with Gasteiger partial charge < -0.3 is 14.8 Å². The number of imide groups is 1. The number of hydrogen-bond donors (Lipinski definition) is 1. The van der Waals surface area contributed by atoms with Gasteiger partial charge in [0.05, 0.1) is 58.4 Å². The zero-order valence-electron chi connectivity index (χ0n) is 27.4. The molecule has 55 heavy (non-hydrogen) atoms. The van der Waals surface area contributed by atoms with Crippen molar-refractivity contribution in [2.24, 2.45) is 0 Å². The van der Waals surface area contributed by atoms with Crippen molar-refractivity contribution in [3.63, 3.8) is 0 Å². The molecule has 1 fully saturated rings. The minimum absolute atomic E-state index is 0.118. The Morgan fingerprint density at radius 1 is 0.927 bits per heavy atom. The summed E-state index contributed by atoms with van der Waals surface area (Å²) in [5, 5.41) is 5.35. The molecule has 5 aromatic rings. The predicted octanol–water partition coefficient (Wildman–Crippen LogP) is 11.8. The molecule has 19 heteroatoms. The fourth-order valence-electron chi connectivity index (χ4n) is 6.25. The summed E-state index contributed by atoms with van der Waals surface area (Å²) in [6, 6.07) is 5.60. The molecule has 0 saturated carbocycles. The topological polar surface area (TPSA) is 103 Å². The number of amides is 3. The molecule has 1 saturated heterocycles. The quantitative estimate of drug-likeness (QED) is 0.0757. The highest BCUT2D eigenvalue weighted by molar-refractivity contribution is 6.56. The lowest BCUT2D eigenvalue weighted by molar-refractivity contribution is -0.137. The van der Waals surface area contributed by atoms with E-state index in [1.807, 2.05) is 0 Å². The van der Waals surface area contributed by atoms with Gasteiger partial charge in [0, 0.05) is 23.8 Å². The third kappa shape index (κ3) is 6.78. The third-order valence-electron chi connectivity index (χ3n) is 8.74. The van der Waals surface area contributed by atoms with Crippen LogP contribution in [0.15, 0.2) is 49.0 Å². The molecule has 1 N–H and O–H groups in total. The van der Waals surface area contributed by atoms with E-state index in [1.165, 1.54) is 16.8 Å². The fourth-order valence-corrected chi connectivity index (χ4v) is 7.42. The normalized spacial score (nSPS) is 15.8. The molecule has 0 spiro atoms. The van der Waals surface area contributed by atoms with E-state index >= 15 is 0 Å². The molecule has 4 aromatic carbocycles. The molecule has 1 unspecified atom stereocenters. The van der Waals surface area contributed by atoms with Gasteiger partial charge in [-0.15, -0.1) is 0 Å². The summed E-state index contributed by atoms with van der Waals surface area (Å²) in [6.07, 6.45) is -2.68. The number of rotatable bonds is 7. The van der Waals surface area contributed by atoms with Crippen LogP contribution in [0.25, 0.3) is 17.0 Å². The van der Waals surface area contributed by atoms with Gasteiger partial charge in [0.25, 0.3) is 17.7 Å². The van der Waals surface area contributed by atoms with Gasteiger partial charge in [0.2, 0.25) is 0 Å². The van der Waals surface area contributed by atoms with Crippen LogP contribution >= 0.6 is 58.0 Å². The van der Waals surface area contributed by atoms with Crippen LogP contribution in [-0.2, 0) is 10.9 Å². The van der Waals surface area contributed by atoms with Crippen molar-refractivity contribution in [2.45, 2.75) is 31.7 Å². The fraction of sp³-hybridized carbons (Fsp3) is 0.167. The number of benzene rings is 4. The average molecular weight is 861 g/mol. The number of carbonyl (C=O) groups excluding carboxylic acids is 3. The predicted molar refractivity (Wildman–Crippen MR) is 197 cm³/mol. The maximum atomic E-state index is 14.6. The Labute approximate surface area is 332 Å². The Morgan fingerprint density at radius 2 is 1.60 bits per heavy atom. The van der Waals surface area contributed by atoms with E-state index in [0.717, 1.165) is 18.2 Å². The molecule has 9 nitrogen and oxygen atoms in total. The van der Waals surface area contributed by atoms with E-state index in [4.69, 9.17) is 67.5 Å². The van der Waals surface area contributed by atoms with Crippen LogP contribution in [0.1, 0.15) is 67.7 Å². The molecule has 3 heterocycles. The van der Waals surface area contributed by atoms with E-state index in [1.54, 1.807) is 0 Å². The highest BCUT2D eigenvalue weighted by Crippen LogP contribution is 2.51. The molecule has 2 aliphatic rings. The van der Waals surface area contributed by atoms with Crippen molar-refractivity contribution in [2.75, 3.05) is 16.8 Å². The second-order valence-electron chi connectivity index (χ2n) is 12.2. The van der Waals surface area contributed by atoms with Crippen LogP contribution in [0.5, 0.6) is 11.5 Å². The molecule has 0 aliphatic carbocycles. The van der Waals surface area contributed by atoms with Crippen molar-refractivity contribution in [3.05, 3.63) is 114 Å². The monoisotopic (exact) mass is 858 g/mol. The largest absolute Gasteiger partial charge is 0.453 e. The average Bonchev–Trinajstić information content (AvgIpc) is 3.66. The highest BCUT2D eigenvalue weighted by Gasteiger charge is 2.45. The number of carbonyl (C=O) groups is 3.